The van der Waals surface area contributed by atoms with E-state index in [-0.39, 0.29) is 5.75 Å². The number of para-hydroxylation sites is 1. The molecule has 4 nitrogen and oxygen atoms in total. The van der Waals surface area contributed by atoms with E-state index in [4.69, 9.17) is 4.52 Å². The van der Waals surface area contributed by atoms with Crippen molar-refractivity contribution in [2.45, 2.75) is 19.8 Å². The Balaban J connectivity index is 1.75. The predicted octanol–water partition coefficient (Wildman–Crippen LogP) is 3.27. The minimum atomic E-state index is 0.246. The number of aromatic hydroxyl groups is 1. The van der Waals surface area contributed by atoms with Gasteiger partial charge in [-0.15, -0.1) is 0 Å². The maximum Gasteiger partial charge on any atom is 0.231 e. The summed E-state index contributed by atoms with van der Waals surface area (Å²) in [7, 11) is 0. The van der Waals surface area contributed by atoms with E-state index >= 15 is 0 Å². The van der Waals surface area contributed by atoms with Gasteiger partial charge < -0.3 is 9.63 Å². The molecule has 1 N–H and O–H groups in total. The van der Waals surface area contributed by atoms with E-state index < -0.39 is 0 Å². The average Bonchev–Trinajstić information content (AvgIpc) is 2.91. The molecule has 0 aliphatic carbocycles. The SMILES string of the molecule is Cc1ccccc1Cc1noc(Cc2ccccc2O)n1. The van der Waals surface area contributed by atoms with Crippen LogP contribution in [0.15, 0.2) is 53.1 Å². The molecule has 0 aliphatic rings. The van der Waals surface area contributed by atoms with Crippen molar-refractivity contribution in [2.75, 3.05) is 0 Å². The molecule has 0 bridgehead atoms. The maximum atomic E-state index is 9.76. The van der Waals surface area contributed by atoms with Crippen LogP contribution in [0.25, 0.3) is 0 Å². The first-order valence-corrected chi connectivity index (χ1v) is 6.85. The van der Waals surface area contributed by atoms with Crippen molar-refractivity contribution in [2.24, 2.45) is 0 Å². The van der Waals surface area contributed by atoms with Crippen LogP contribution in [0, 0.1) is 6.92 Å². The van der Waals surface area contributed by atoms with Crippen LogP contribution in [-0.2, 0) is 12.8 Å². The lowest BCUT2D eigenvalue weighted by atomic mass is 10.1. The number of hydrogen-bond donors (Lipinski definition) is 1. The summed E-state index contributed by atoms with van der Waals surface area (Å²) in [5.74, 6) is 1.42. The number of aryl methyl sites for hydroxylation is 1. The summed E-state index contributed by atoms with van der Waals surface area (Å²) in [6.45, 7) is 2.07. The Morgan fingerprint density at radius 1 is 0.952 bits per heavy atom. The lowest BCUT2D eigenvalue weighted by molar-refractivity contribution is 0.378. The van der Waals surface area contributed by atoms with Gasteiger partial charge in [0.1, 0.15) is 5.75 Å². The van der Waals surface area contributed by atoms with Crippen LogP contribution in [0.1, 0.15) is 28.4 Å². The van der Waals surface area contributed by atoms with Crippen molar-refractivity contribution in [3.8, 4) is 5.75 Å². The second-order valence-corrected chi connectivity index (χ2v) is 5.01. The molecule has 4 heteroatoms. The number of hydrogen-bond acceptors (Lipinski definition) is 4. The van der Waals surface area contributed by atoms with Crippen LogP contribution in [0.5, 0.6) is 5.75 Å². The third-order valence-electron chi connectivity index (χ3n) is 3.45. The van der Waals surface area contributed by atoms with Gasteiger partial charge in [-0.3, -0.25) is 0 Å². The summed E-state index contributed by atoms with van der Waals surface area (Å²) >= 11 is 0. The molecule has 0 fully saturated rings. The number of phenols is 1. The van der Waals surface area contributed by atoms with E-state index in [1.807, 2.05) is 24.3 Å². The van der Waals surface area contributed by atoms with Gasteiger partial charge in [-0.05, 0) is 24.1 Å². The normalized spacial score (nSPS) is 10.7. The Morgan fingerprint density at radius 2 is 1.67 bits per heavy atom. The van der Waals surface area contributed by atoms with Crippen molar-refractivity contribution in [1.29, 1.82) is 0 Å². The highest BCUT2D eigenvalue weighted by atomic mass is 16.5. The van der Waals surface area contributed by atoms with E-state index in [1.165, 1.54) is 11.1 Å². The highest BCUT2D eigenvalue weighted by Crippen LogP contribution is 2.19. The second kappa shape index (κ2) is 5.79. The summed E-state index contributed by atoms with van der Waals surface area (Å²) in [5.41, 5.74) is 3.18. The molecule has 1 heterocycles. The summed E-state index contributed by atoms with van der Waals surface area (Å²) in [5, 5.41) is 13.8. The molecule has 0 saturated heterocycles. The predicted molar refractivity (Wildman–Crippen MR) is 79.2 cm³/mol. The fourth-order valence-electron chi connectivity index (χ4n) is 2.24. The zero-order valence-electron chi connectivity index (χ0n) is 11.8. The van der Waals surface area contributed by atoms with E-state index in [9.17, 15) is 5.11 Å². The summed E-state index contributed by atoms with van der Waals surface area (Å²) < 4.78 is 5.26. The Labute approximate surface area is 123 Å². The van der Waals surface area contributed by atoms with Gasteiger partial charge in [0.15, 0.2) is 5.82 Å². The van der Waals surface area contributed by atoms with E-state index in [0.717, 1.165) is 5.56 Å². The summed E-state index contributed by atoms with van der Waals surface area (Å²) in [4.78, 5) is 4.39. The molecule has 0 spiro atoms. The number of nitrogens with zero attached hydrogens (tertiary/aromatic N) is 2. The molecule has 1 aromatic heterocycles. The molecule has 3 rings (SSSR count). The molecule has 0 amide bonds. The second-order valence-electron chi connectivity index (χ2n) is 5.01. The van der Waals surface area contributed by atoms with Crippen LogP contribution in [0.4, 0.5) is 0 Å². The Hall–Kier alpha value is -2.62. The highest BCUT2D eigenvalue weighted by molar-refractivity contribution is 5.33. The molecule has 3 aromatic rings. The van der Waals surface area contributed by atoms with Crippen molar-refractivity contribution >= 4 is 0 Å². The van der Waals surface area contributed by atoms with Gasteiger partial charge in [0.2, 0.25) is 5.89 Å². The molecule has 106 valence electrons. The molecule has 0 radical (unpaired) electrons. The van der Waals surface area contributed by atoms with Crippen LogP contribution in [0.2, 0.25) is 0 Å². The van der Waals surface area contributed by atoms with E-state index in [1.54, 1.807) is 12.1 Å². The van der Waals surface area contributed by atoms with Crippen LogP contribution < -0.4 is 0 Å². The van der Waals surface area contributed by atoms with Crippen molar-refractivity contribution in [1.82, 2.24) is 10.1 Å². The average molecular weight is 280 g/mol. The summed E-state index contributed by atoms with van der Waals surface area (Å²) in [6, 6.07) is 15.3. The topological polar surface area (TPSA) is 59.2 Å². The molecule has 0 aliphatic heterocycles. The zero-order valence-corrected chi connectivity index (χ0v) is 11.8. The van der Waals surface area contributed by atoms with Gasteiger partial charge in [0.05, 0.1) is 6.42 Å². The first-order chi connectivity index (χ1) is 10.2. The molecule has 21 heavy (non-hydrogen) atoms. The van der Waals surface area contributed by atoms with E-state index in [0.29, 0.717) is 24.6 Å². The third kappa shape index (κ3) is 3.11. The lowest BCUT2D eigenvalue weighted by Gasteiger charge is -2.01. The first-order valence-electron chi connectivity index (χ1n) is 6.85. The van der Waals surface area contributed by atoms with Gasteiger partial charge in [-0.1, -0.05) is 47.6 Å². The number of benzene rings is 2. The lowest BCUT2D eigenvalue weighted by Crippen LogP contribution is -1.94. The molecule has 0 saturated carbocycles. The zero-order chi connectivity index (χ0) is 14.7. The molecular formula is C17H16N2O2. The van der Waals surface area contributed by atoms with Crippen LogP contribution >= 0.6 is 0 Å². The molecular weight excluding hydrogens is 264 g/mol. The van der Waals surface area contributed by atoms with Crippen molar-refractivity contribution in [3.63, 3.8) is 0 Å². The number of phenolic OH excluding ortho intramolecular Hbond substituents is 1. The number of aromatic nitrogens is 2. The fraction of sp³-hybridized carbons (Fsp3) is 0.176. The molecule has 0 unspecified atom stereocenters. The van der Waals surface area contributed by atoms with Gasteiger partial charge in [0.25, 0.3) is 0 Å². The Bertz CT molecular complexity index is 688. The molecule has 2 aromatic carbocycles. The van der Waals surface area contributed by atoms with Crippen LogP contribution in [0.3, 0.4) is 0 Å². The minimum absolute atomic E-state index is 0.246. The standard InChI is InChI=1S/C17H16N2O2/c1-12-6-2-3-7-13(12)10-16-18-17(21-19-16)11-14-8-4-5-9-15(14)20/h2-9,20H,10-11H2,1H3. The fourth-order valence-corrected chi connectivity index (χ4v) is 2.24. The maximum absolute atomic E-state index is 9.76. The molecule has 0 atom stereocenters. The Morgan fingerprint density at radius 3 is 2.43 bits per heavy atom. The van der Waals surface area contributed by atoms with Crippen LogP contribution in [-0.4, -0.2) is 15.2 Å². The number of rotatable bonds is 4. The third-order valence-corrected chi connectivity index (χ3v) is 3.45. The van der Waals surface area contributed by atoms with Gasteiger partial charge in [-0.25, -0.2) is 0 Å². The van der Waals surface area contributed by atoms with Gasteiger partial charge in [-0.2, -0.15) is 4.98 Å². The summed E-state index contributed by atoms with van der Waals surface area (Å²) in [6.07, 6.45) is 1.09. The highest BCUT2D eigenvalue weighted by Gasteiger charge is 2.10. The van der Waals surface area contributed by atoms with Gasteiger partial charge >= 0.3 is 0 Å². The smallest absolute Gasteiger partial charge is 0.231 e. The van der Waals surface area contributed by atoms with E-state index in [2.05, 4.69) is 29.2 Å². The monoisotopic (exact) mass is 280 g/mol. The largest absolute Gasteiger partial charge is 0.508 e. The quantitative estimate of drug-likeness (QED) is 0.797. The van der Waals surface area contributed by atoms with Crippen molar-refractivity contribution in [3.05, 3.63) is 76.9 Å². The Kier molecular flexibility index (Phi) is 3.69. The minimum Gasteiger partial charge on any atom is -0.508 e. The van der Waals surface area contributed by atoms with Crippen molar-refractivity contribution < 1.29 is 9.63 Å². The van der Waals surface area contributed by atoms with Gasteiger partial charge in [0, 0.05) is 12.0 Å². The first kappa shape index (κ1) is 13.4.